The number of thiazole rings is 1. The Morgan fingerprint density at radius 2 is 2.16 bits per heavy atom. The van der Waals surface area contributed by atoms with Crippen LogP contribution in [0.5, 0.6) is 0 Å². The van der Waals surface area contributed by atoms with Gasteiger partial charge in [-0.05, 0) is 32.1 Å². The summed E-state index contributed by atoms with van der Waals surface area (Å²) in [5, 5.41) is 3.00. The molecular formula is C18H25N5OS. The Labute approximate surface area is 152 Å². The Morgan fingerprint density at radius 1 is 1.36 bits per heavy atom. The Morgan fingerprint density at radius 3 is 2.88 bits per heavy atom. The Kier molecular flexibility index (Phi) is 5.63. The molecule has 0 aromatic carbocycles. The van der Waals surface area contributed by atoms with Crippen LogP contribution < -0.4 is 4.90 Å². The topological polar surface area (TPSA) is 62.2 Å². The molecule has 2 aromatic rings. The smallest absolute Gasteiger partial charge is 0.228 e. The highest BCUT2D eigenvalue weighted by Gasteiger charge is 2.25. The molecule has 0 N–H and O–H groups in total. The van der Waals surface area contributed by atoms with Gasteiger partial charge in [-0.1, -0.05) is 0 Å². The number of nitrogens with zero attached hydrogens (tertiary/aromatic N) is 5. The molecule has 0 bridgehead atoms. The fourth-order valence-corrected chi connectivity index (χ4v) is 3.98. The van der Waals surface area contributed by atoms with Crippen LogP contribution in [0.3, 0.4) is 0 Å². The SMILES string of the molecule is Cc1nc(CC(=O)N2CCC[C@H](Cc3nccnc3N(C)C)C2)cs1. The standard InChI is InChI=1S/C18H25N5OS/c1-13-21-15(12-25-13)10-17(24)23-8-4-5-14(11-23)9-16-18(22(2)3)20-7-6-19-16/h6-7,12,14H,4-5,8-11H2,1-3H3/t14-/m1/s1. The zero-order valence-corrected chi connectivity index (χ0v) is 15.9. The van der Waals surface area contributed by atoms with Crippen LogP contribution in [0.25, 0.3) is 0 Å². The summed E-state index contributed by atoms with van der Waals surface area (Å²) in [5.74, 6) is 1.54. The van der Waals surface area contributed by atoms with Crippen LogP contribution in [-0.2, 0) is 17.6 Å². The van der Waals surface area contributed by atoms with Crippen LogP contribution >= 0.6 is 11.3 Å². The van der Waals surface area contributed by atoms with Gasteiger partial charge in [-0.25, -0.2) is 9.97 Å². The van der Waals surface area contributed by atoms with Crippen LogP contribution in [0, 0.1) is 12.8 Å². The molecule has 0 saturated carbocycles. The first-order valence-corrected chi connectivity index (χ1v) is 9.57. The minimum Gasteiger partial charge on any atom is -0.361 e. The van der Waals surface area contributed by atoms with Gasteiger partial charge in [-0.15, -0.1) is 11.3 Å². The van der Waals surface area contributed by atoms with Crippen molar-refractivity contribution in [1.82, 2.24) is 19.9 Å². The summed E-state index contributed by atoms with van der Waals surface area (Å²) < 4.78 is 0. The molecule has 1 amide bonds. The average molecular weight is 359 g/mol. The maximum Gasteiger partial charge on any atom is 0.228 e. The summed E-state index contributed by atoms with van der Waals surface area (Å²) in [6, 6.07) is 0. The third-order valence-corrected chi connectivity index (χ3v) is 5.35. The molecule has 7 heteroatoms. The maximum absolute atomic E-state index is 12.6. The number of aromatic nitrogens is 3. The van der Waals surface area contributed by atoms with Gasteiger partial charge in [0.1, 0.15) is 5.82 Å². The summed E-state index contributed by atoms with van der Waals surface area (Å²) >= 11 is 1.60. The van der Waals surface area contributed by atoms with Crippen molar-refractivity contribution >= 4 is 23.1 Å². The highest BCUT2D eigenvalue weighted by atomic mass is 32.1. The lowest BCUT2D eigenvalue weighted by Gasteiger charge is -2.33. The fraction of sp³-hybridized carbons (Fsp3) is 0.556. The Hall–Kier alpha value is -2.02. The van der Waals surface area contributed by atoms with Crippen LogP contribution in [0.4, 0.5) is 5.82 Å². The summed E-state index contributed by atoms with van der Waals surface area (Å²) in [6.45, 7) is 3.61. The zero-order chi connectivity index (χ0) is 17.8. The Balaban J connectivity index is 1.62. The molecule has 0 spiro atoms. The van der Waals surface area contributed by atoms with E-state index in [1.54, 1.807) is 23.7 Å². The number of carbonyl (C=O) groups excluding carboxylic acids is 1. The summed E-state index contributed by atoms with van der Waals surface area (Å²) in [4.78, 5) is 30.0. The second-order valence-electron chi connectivity index (χ2n) is 6.81. The molecule has 25 heavy (non-hydrogen) atoms. The number of hydrogen-bond acceptors (Lipinski definition) is 6. The van der Waals surface area contributed by atoms with Gasteiger partial charge < -0.3 is 9.80 Å². The molecular weight excluding hydrogens is 334 g/mol. The van der Waals surface area contributed by atoms with Crippen molar-refractivity contribution in [2.45, 2.75) is 32.6 Å². The number of carbonyl (C=O) groups is 1. The van der Waals surface area contributed by atoms with E-state index in [1.807, 2.05) is 36.2 Å². The van der Waals surface area contributed by atoms with E-state index >= 15 is 0 Å². The van der Waals surface area contributed by atoms with Gasteiger partial charge in [0.2, 0.25) is 5.91 Å². The first-order chi connectivity index (χ1) is 12.0. The molecule has 0 aliphatic carbocycles. The van der Waals surface area contributed by atoms with E-state index in [-0.39, 0.29) is 5.91 Å². The van der Waals surface area contributed by atoms with Gasteiger partial charge in [-0.3, -0.25) is 9.78 Å². The molecule has 1 fully saturated rings. The fourth-order valence-electron chi connectivity index (χ4n) is 3.36. The molecule has 1 aliphatic rings. The van der Waals surface area contributed by atoms with Gasteiger partial charge in [0.25, 0.3) is 0 Å². The van der Waals surface area contributed by atoms with E-state index < -0.39 is 0 Å². The number of hydrogen-bond donors (Lipinski definition) is 0. The third kappa shape index (κ3) is 4.54. The predicted molar refractivity (Wildman–Crippen MR) is 99.9 cm³/mol. The monoisotopic (exact) mass is 359 g/mol. The van der Waals surface area contributed by atoms with Crippen molar-refractivity contribution in [3.63, 3.8) is 0 Å². The molecule has 0 unspecified atom stereocenters. The summed E-state index contributed by atoms with van der Waals surface area (Å²) in [5.41, 5.74) is 1.90. The molecule has 1 aliphatic heterocycles. The summed E-state index contributed by atoms with van der Waals surface area (Å²) in [6.07, 6.45) is 6.92. The second-order valence-corrected chi connectivity index (χ2v) is 7.87. The van der Waals surface area contributed by atoms with Crippen LogP contribution in [0.15, 0.2) is 17.8 Å². The number of piperidine rings is 1. The second kappa shape index (κ2) is 7.91. The van der Waals surface area contributed by atoms with E-state index in [0.717, 1.165) is 54.6 Å². The minimum absolute atomic E-state index is 0.182. The molecule has 2 aromatic heterocycles. The largest absolute Gasteiger partial charge is 0.361 e. The van der Waals surface area contributed by atoms with Crippen molar-refractivity contribution in [2.75, 3.05) is 32.1 Å². The number of rotatable bonds is 5. The van der Waals surface area contributed by atoms with E-state index in [9.17, 15) is 4.79 Å². The highest BCUT2D eigenvalue weighted by molar-refractivity contribution is 7.09. The quantitative estimate of drug-likeness (QED) is 0.820. The molecule has 134 valence electrons. The maximum atomic E-state index is 12.6. The van der Waals surface area contributed by atoms with Gasteiger partial charge in [0, 0.05) is 45.0 Å². The highest BCUT2D eigenvalue weighted by Crippen LogP contribution is 2.24. The van der Waals surface area contributed by atoms with Gasteiger partial charge in [-0.2, -0.15) is 0 Å². The lowest BCUT2D eigenvalue weighted by molar-refractivity contribution is -0.132. The van der Waals surface area contributed by atoms with Crippen molar-refractivity contribution in [3.05, 3.63) is 34.2 Å². The van der Waals surface area contributed by atoms with Gasteiger partial charge >= 0.3 is 0 Å². The molecule has 1 saturated heterocycles. The number of likely N-dealkylation sites (tertiary alicyclic amines) is 1. The number of amides is 1. The average Bonchev–Trinajstić information content (AvgIpc) is 3.00. The summed E-state index contributed by atoms with van der Waals surface area (Å²) in [7, 11) is 3.97. The van der Waals surface area contributed by atoms with Crippen LogP contribution in [-0.4, -0.2) is 52.9 Å². The first kappa shape index (κ1) is 17.8. The van der Waals surface area contributed by atoms with Crippen LogP contribution in [0.1, 0.15) is 29.2 Å². The zero-order valence-electron chi connectivity index (χ0n) is 15.1. The van der Waals surface area contributed by atoms with E-state index in [4.69, 9.17) is 0 Å². The first-order valence-electron chi connectivity index (χ1n) is 8.69. The van der Waals surface area contributed by atoms with Gasteiger partial charge in [0.15, 0.2) is 0 Å². The molecule has 6 nitrogen and oxygen atoms in total. The van der Waals surface area contributed by atoms with Gasteiger partial charge in [0.05, 0.1) is 22.8 Å². The van der Waals surface area contributed by atoms with Crippen molar-refractivity contribution in [2.24, 2.45) is 5.92 Å². The molecule has 3 heterocycles. The lowest BCUT2D eigenvalue weighted by Crippen LogP contribution is -2.41. The van der Waals surface area contributed by atoms with Crippen molar-refractivity contribution in [3.8, 4) is 0 Å². The normalized spacial score (nSPS) is 17.6. The number of aryl methyl sites for hydroxylation is 1. The van der Waals surface area contributed by atoms with Crippen molar-refractivity contribution < 1.29 is 4.79 Å². The number of anilines is 1. The molecule has 0 radical (unpaired) electrons. The lowest BCUT2D eigenvalue weighted by atomic mass is 9.93. The Bertz CT molecular complexity index is 730. The van der Waals surface area contributed by atoms with Crippen molar-refractivity contribution in [1.29, 1.82) is 0 Å². The molecule has 3 rings (SSSR count). The van der Waals surface area contributed by atoms with Crippen LogP contribution in [0.2, 0.25) is 0 Å². The minimum atomic E-state index is 0.182. The third-order valence-electron chi connectivity index (χ3n) is 4.53. The van der Waals surface area contributed by atoms with E-state index in [1.165, 1.54) is 0 Å². The predicted octanol–water partition coefficient (Wildman–Crippen LogP) is 2.33. The van der Waals surface area contributed by atoms with E-state index in [2.05, 4.69) is 15.0 Å². The molecule has 1 atom stereocenters. The van der Waals surface area contributed by atoms with E-state index in [0.29, 0.717) is 12.3 Å².